The zero-order valence-corrected chi connectivity index (χ0v) is 15.0. The fourth-order valence-electron chi connectivity index (χ4n) is 2.47. The molecule has 0 aromatic heterocycles. The molecule has 1 heterocycles. The van der Waals surface area contributed by atoms with Crippen molar-refractivity contribution in [2.24, 2.45) is 0 Å². The van der Waals surface area contributed by atoms with Gasteiger partial charge < -0.3 is 18.3 Å². The van der Waals surface area contributed by atoms with Crippen molar-refractivity contribution in [3.63, 3.8) is 0 Å². The van der Waals surface area contributed by atoms with Gasteiger partial charge in [-0.3, -0.25) is 0 Å². The first-order valence-corrected chi connectivity index (χ1v) is 10.9. The first kappa shape index (κ1) is 17.0. The van der Waals surface area contributed by atoms with E-state index in [9.17, 15) is 0 Å². The monoisotopic (exact) mass is 344 g/mol. The molecule has 2 aromatic rings. The lowest BCUT2D eigenvalue weighted by atomic mass is 10.3. The predicted octanol–water partition coefficient (Wildman–Crippen LogP) is 4.02. The van der Waals surface area contributed by atoms with Crippen molar-refractivity contribution < 1.29 is 18.3 Å². The molecule has 3 rings (SSSR count). The Labute approximate surface area is 144 Å². The van der Waals surface area contributed by atoms with Gasteiger partial charge in [0.25, 0.3) is 0 Å². The van der Waals surface area contributed by atoms with Gasteiger partial charge in [0, 0.05) is 19.2 Å². The maximum atomic E-state index is 6.28. The van der Waals surface area contributed by atoms with Crippen LogP contribution in [0.1, 0.15) is 6.42 Å². The normalized spacial score (nSPS) is 16.6. The summed E-state index contributed by atoms with van der Waals surface area (Å²) >= 11 is 0. The molecule has 0 N–H and O–H groups in total. The Hall–Kier alpha value is -1.82. The lowest BCUT2D eigenvalue weighted by Crippen LogP contribution is -2.45. The van der Waals surface area contributed by atoms with E-state index in [2.05, 4.69) is 6.55 Å². The largest absolute Gasteiger partial charge is 0.512 e. The van der Waals surface area contributed by atoms with Crippen LogP contribution in [0.25, 0.3) is 0 Å². The van der Waals surface area contributed by atoms with E-state index in [-0.39, 0.29) is 0 Å². The van der Waals surface area contributed by atoms with Crippen molar-refractivity contribution in [1.29, 1.82) is 0 Å². The minimum atomic E-state index is -2.40. The van der Waals surface area contributed by atoms with Crippen LogP contribution in [0.2, 0.25) is 12.6 Å². The van der Waals surface area contributed by atoms with E-state index in [1.807, 2.05) is 60.7 Å². The minimum Gasteiger partial charge on any atom is -0.512 e. The molecule has 128 valence electrons. The Balaban J connectivity index is 1.58. The first-order chi connectivity index (χ1) is 11.7. The second-order valence-electron chi connectivity index (χ2n) is 6.10. The molecule has 0 bridgehead atoms. The number of benzene rings is 2. The molecule has 1 fully saturated rings. The Morgan fingerprint density at radius 2 is 1.50 bits per heavy atom. The van der Waals surface area contributed by atoms with Crippen LogP contribution in [0.15, 0.2) is 60.7 Å². The molecule has 1 aliphatic heterocycles. The minimum absolute atomic E-state index is 0.315. The molecule has 5 heteroatoms. The molecule has 0 spiro atoms. The molecule has 1 atom stereocenters. The molecule has 24 heavy (non-hydrogen) atoms. The summed E-state index contributed by atoms with van der Waals surface area (Å²) < 4.78 is 23.4. The molecular weight excluding hydrogens is 320 g/mol. The van der Waals surface area contributed by atoms with Crippen molar-refractivity contribution in [3.05, 3.63) is 60.7 Å². The van der Waals surface area contributed by atoms with Crippen molar-refractivity contribution in [2.45, 2.75) is 25.1 Å². The van der Waals surface area contributed by atoms with Crippen LogP contribution in [-0.4, -0.2) is 34.5 Å². The Kier molecular flexibility index (Phi) is 5.90. The van der Waals surface area contributed by atoms with Crippen LogP contribution in [0, 0.1) is 0 Å². The standard InChI is InChI=1S/C19H24O4Si/c1-24(22-17-9-4-2-5-10-17,23-18-11-6-3-7-12-18)14-8-13-20-15-19-16-21-19/h2-7,9-12,19H,8,13-16H2,1H3/t19-/m0/s1. The maximum Gasteiger partial charge on any atom is 0.457 e. The molecule has 0 saturated carbocycles. The summed E-state index contributed by atoms with van der Waals surface area (Å²) in [5.74, 6) is 1.71. The van der Waals surface area contributed by atoms with Gasteiger partial charge in [0.05, 0.1) is 13.2 Å². The van der Waals surface area contributed by atoms with Gasteiger partial charge in [0.1, 0.15) is 17.6 Å². The van der Waals surface area contributed by atoms with Crippen LogP contribution in [0.3, 0.4) is 0 Å². The van der Waals surface area contributed by atoms with Crippen molar-refractivity contribution in [1.82, 2.24) is 0 Å². The number of para-hydroxylation sites is 2. The number of epoxide rings is 1. The molecule has 4 nitrogen and oxygen atoms in total. The maximum absolute atomic E-state index is 6.28. The average Bonchev–Trinajstić information content (AvgIpc) is 3.40. The van der Waals surface area contributed by atoms with E-state index in [0.29, 0.717) is 19.3 Å². The molecule has 0 aliphatic carbocycles. The lowest BCUT2D eigenvalue weighted by Gasteiger charge is -2.28. The summed E-state index contributed by atoms with van der Waals surface area (Å²) in [6, 6.07) is 20.6. The van der Waals surface area contributed by atoms with Crippen LogP contribution < -0.4 is 8.85 Å². The zero-order chi connectivity index (χ0) is 16.7. The summed E-state index contributed by atoms with van der Waals surface area (Å²) in [5, 5.41) is 0. The fourth-order valence-corrected chi connectivity index (χ4v) is 4.77. The van der Waals surface area contributed by atoms with Crippen LogP contribution in [0.5, 0.6) is 11.5 Å². The molecule has 1 saturated heterocycles. The molecule has 0 radical (unpaired) electrons. The quantitative estimate of drug-likeness (QED) is 0.371. The highest BCUT2D eigenvalue weighted by atomic mass is 28.4. The van der Waals surface area contributed by atoms with Crippen molar-refractivity contribution >= 4 is 8.56 Å². The van der Waals surface area contributed by atoms with Gasteiger partial charge in [-0.15, -0.1) is 0 Å². The third-order valence-electron chi connectivity index (χ3n) is 3.78. The number of ether oxygens (including phenoxy) is 2. The second kappa shape index (κ2) is 8.33. The Bertz CT molecular complexity index is 560. The van der Waals surface area contributed by atoms with Crippen LogP contribution in [0.4, 0.5) is 0 Å². The zero-order valence-electron chi connectivity index (χ0n) is 14.0. The second-order valence-corrected chi connectivity index (χ2v) is 9.27. The third-order valence-corrected chi connectivity index (χ3v) is 6.38. The van der Waals surface area contributed by atoms with Crippen LogP contribution in [-0.2, 0) is 9.47 Å². The van der Waals surface area contributed by atoms with Crippen LogP contribution >= 0.6 is 0 Å². The van der Waals surface area contributed by atoms with E-state index in [0.717, 1.165) is 30.6 Å². The van der Waals surface area contributed by atoms with E-state index in [1.54, 1.807) is 0 Å². The van der Waals surface area contributed by atoms with Crippen molar-refractivity contribution in [2.75, 3.05) is 19.8 Å². The Morgan fingerprint density at radius 1 is 0.958 bits per heavy atom. The van der Waals surface area contributed by atoms with E-state index >= 15 is 0 Å². The fraction of sp³-hybridized carbons (Fsp3) is 0.368. The van der Waals surface area contributed by atoms with E-state index in [4.69, 9.17) is 18.3 Å². The smallest absolute Gasteiger partial charge is 0.457 e. The predicted molar refractivity (Wildman–Crippen MR) is 95.7 cm³/mol. The first-order valence-electron chi connectivity index (χ1n) is 8.41. The number of hydrogen-bond donors (Lipinski definition) is 0. The molecule has 0 unspecified atom stereocenters. The highest BCUT2D eigenvalue weighted by Gasteiger charge is 2.35. The summed E-state index contributed by atoms with van der Waals surface area (Å²) in [7, 11) is -2.40. The summed E-state index contributed by atoms with van der Waals surface area (Å²) in [6.07, 6.45) is 1.23. The van der Waals surface area contributed by atoms with Gasteiger partial charge in [0.15, 0.2) is 0 Å². The Morgan fingerprint density at radius 3 is 2.00 bits per heavy atom. The van der Waals surface area contributed by atoms with Gasteiger partial charge in [-0.05, 0) is 30.7 Å². The summed E-state index contributed by atoms with van der Waals surface area (Å²) in [5.41, 5.74) is 0. The molecule has 1 aliphatic rings. The van der Waals surface area contributed by atoms with E-state index in [1.165, 1.54) is 0 Å². The highest BCUT2D eigenvalue weighted by molar-refractivity contribution is 6.67. The average molecular weight is 344 g/mol. The van der Waals surface area contributed by atoms with E-state index < -0.39 is 8.56 Å². The summed E-state index contributed by atoms with van der Waals surface area (Å²) in [6.45, 7) is 4.34. The lowest BCUT2D eigenvalue weighted by molar-refractivity contribution is 0.116. The topological polar surface area (TPSA) is 40.2 Å². The van der Waals surface area contributed by atoms with Gasteiger partial charge in [-0.1, -0.05) is 36.4 Å². The highest BCUT2D eigenvalue weighted by Crippen LogP contribution is 2.24. The molecular formula is C19H24O4Si. The number of hydrogen-bond acceptors (Lipinski definition) is 4. The van der Waals surface area contributed by atoms with Crippen molar-refractivity contribution in [3.8, 4) is 11.5 Å². The third kappa shape index (κ3) is 5.67. The number of rotatable bonds is 10. The molecule has 2 aromatic carbocycles. The molecule has 0 amide bonds. The summed E-state index contributed by atoms with van der Waals surface area (Å²) in [4.78, 5) is 0. The van der Waals surface area contributed by atoms with Gasteiger partial charge in [0.2, 0.25) is 0 Å². The van der Waals surface area contributed by atoms with Gasteiger partial charge >= 0.3 is 8.56 Å². The SMILES string of the molecule is C[Si](CCCOC[C@H]1CO1)(Oc1ccccc1)Oc1ccccc1. The van der Waals surface area contributed by atoms with Gasteiger partial charge in [-0.2, -0.15) is 0 Å². The van der Waals surface area contributed by atoms with Gasteiger partial charge in [-0.25, -0.2) is 0 Å².